The number of rotatable bonds is 2. The Morgan fingerprint density at radius 1 is 1.20 bits per heavy atom. The highest BCUT2D eigenvalue weighted by Gasteiger charge is 2.28. The van der Waals surface area contributed by atoms with Crippen molar-refractivity contribution in [2.45, 2.75) is 44.9 Å². The summed E-state index contributed by atoms with van der Waals surface area (Å²) in [7, 11) is 2.21. The minimum atomic E-state index is 0.575. The van der Waals surface area contributed by atoms with Gasteiger partial charge in [-0.3, -0.25) is 0 Å². The number of halogens is 1. The Balaban J connectivity index is 1.81. The van der Waals surface area contributed by atoms with Crippen molar-refractivity contribution < 1.29 is 0 Å². The van der Waals surface area contributed by atoms with Crippen molar-refractivity contribution >= 4 is 17.4 Å². The third-order valence-electron chi connectivity index (χ3n) is 5.73. The number of benzene rings is 1. The molecular weight excluding hydrogens is 332 g/mol. The lowest BCUT2D eigenvalue weighted by atomic mass is 9.90. The fraction of sp³-hybridized carbons (Fsp3) is 0.550. The largest absolute Gasteiger partial charge is 0.370 e. The van der Waals surface area contributed by atoms with Gasteiger partial charge in [-0.1, -0.05) is 17.7 Å². The number of nitrogens with one attached hydrogen (secondary N) is 1. The van der Waals surface area contributed by atoms with E-state index in [1.165, 1.54) is 42.8 Å². The summed E-state index contributed by atoms with van der Waals surface area (Å²) in [6.07, 6.45) is 5.99. The fourth-order valence-corrected chi connectivity index (χ4v) is 4.31. The van der Waals surface area contributed by atoms with Gasteiger partial charge in [-0.2, -0.15) is 5.10 Å². The molecule has 1 N–H and O–H groups in total. The summed E-state index contributed by atoms with van der Waals surface area (Å²) in [5.41, 5.74) is 4.94. The molecule has 0 bridgehead atoms. The molecule has 4 rings (SSSR count). The molecule has 0 atom stereocenters. The Hall–Kier alpha value is -1.52. The zero-order chi connectivity index (χ0) is 17.4. The maximum atomic E-state index is 6.38. The smallest absolute Gasteiger partial charge is 0.133 e. The molecule has 1 fully saturated rings. The molecule has 0 amide bonds. The Bertz CT molecular complexity index is 759. The molecule has 2 aromatic rings. The third-order valence-corrected chi connectivity index (χ3v) is 6.14. The number of hydrogen-bond acceptors (Lipinski definition) is 3. The zero-order valence-corrected chi connectivity index (χ0v) is 15.9. The Morgan fingerprint density at radius 3 is 2.80 bits per heavy atom. The van der Waals surface area contributed by atoms with Crippen molar-refractivity contribution in [1.82, 2.24) is 14.7 Å². The van der Waals surface area contributed by atoms with Gasteiger partial charge in [0.15, 0.2) is 0 Å². The summed E-state index contributed by atoms with van der Waals surface area (Å²) >= 11 is 6.38. The summed E-state index contributed by atoms with van der Waals surface area (Å²) in [6.45, 7) is 5.43. The normalized spacial score (nSPS) is 19.3. The van der Waals surface area contributed by atoms with Crippen LogP contribution in [0.15, 0.2) is 18.2 Å². The number of anilines is 1. The molecule has 134 valence electrons. The van der Waals surface area contributed by atoms with Gasteiger partial charge in [0.1, 0.15) is 5.82 Å². The van der Waals surface area contributed by atoms with Crippen LogP contribution >= 0.6 is 11.6 Å². The van der Waals surface area contributed by atoms with E-state index in [4.69, 9.17) is 16.7 Å². The van der Waals surface area contributed by atoms with Gasteiger partial charge in [-0.25, -0.2) is 4.68 Å². The van der Waals surface area contributed by atoms with Crippen LogP contribution in [-0.2, 0) is 6.42 Å². The van der Waals surface area contributed by atoms with Crippen molar-refractivity contribution in [3.8, 4) is 5.69 Å². The van der Waals surface area contributed by atoms with Crippen LogP contribution in [0.1, 0.15) is 48.4 Å². The SMILES string of the molecule is Cc1c(Cl)cccc1-n1nc(C2CCN(C)CC2)c2c1NCCCC2. The molecule has 2 aliphatic heterocycles. The molecule has 25 heavy (non-hydrogen) atoms. The van der Waals surface area contributed by atoms with Crippen LogP contribution < -0.4 is 5.32 Å². The lowest BCUT2D eigenvalue weighted by Gasteiger charge is -2.28. The predicted octanol–water partition coefficient (Wildman–Crippen LogP) is 4.39. The predicted molar refractivity (Wildman–Crippen MR) is 104 cm³/mol. The molecule has 0 aliphatic carbocycles. The molecule has 0 unspecified atom stereocenters. The van der Waals surface area contributed by atoms with Crippen molar-refractivity contribution in [2.24, 2.45) is 0 Å². The molecule has 0 spiro atoms. The number of likely N-dealkylation sites (tertiary alicyclic amines) is 1. The van der Waals surface area contributed by atoms with E-state index in [0.29, 0.717) is 5.92 Å². The highest BCUT2D eigenvalue weighted by atomic mass is 35.5. The molecule has 5 heteroatoms. The summed E-state index contributed by atoms with van der Waals surface area (Å²) in [4.78, 5) is 2.42. The highest BCUT2D eigenvalue weighted by molar-refractivity contribution is 6.31. The summed E-state index contributed by atoms with van der Waals surface area (Å²) < 4.78 is 2.12. The average molecular weight is 359 g/mol. The van der Waals surface area contributed by atoms with E-state index in [0.717, 1.165) is 42.3 Å². The first-order valence-electron chi connectivity index (χ1n) is 9.45. The third kappa shape index (κ3) is 3.18. The maximum absolute atomic E-state index is 6.38. The minimum Gasteiger partial charge on any atom is -0.370 e. The van der Waals surface area contributed by atoms with E-state index >= 15 is 0 Å². The first kappa shape index (κ1) is 16.9. The fourth-order valence-electron chi connectivity index (χ4n) is 4.14. The monoisotopic (exact) mass is 358 g/mol. The molecule has 0 saturated carbocycles. The Kier molecular flexibility index (Phi) is 4.74. The standard InChI is InChI=1S/C20H27ClN4/c1-14-17(21)7-5-8-18(14)25-20-16(6-3-4-11-22-20)19(23-25)15-9-12-24(2)13-10-15/h5,7-8,15,22H,3-4,6,9-13H2,1-2H3. The van der Waals surface area contributed by atoms with Gasteiger partial charge < -0.3 is 10.2 Å². The van der Waals surface area contributed by atoms with Crippen LogP contribution in [0.2, 0.25) is 5.02 Å². The van der Waals surface area contributed by atoms with Gasteiger partial charge in [0.25, 0.3) is 0 Å². The number of aromatic nitrogens is 2. The van der Waals surface area contributed by atoms with E-state index in [2.05, 4.69) is 34.9 Å². The van der Waals surface area contributed by atoms with Crippen LogP contribution in [0, 0.1) is 6.92 Å². The van der Waals surface area contributed by atoms with E-state index < -0.39 is 0 Å². The van der Waals surface area contributed by atoms with E-state index in [1.807, 2.05) is 12.1 Å². The van der Waals surface area contributed by atoms with Gasteiger partial charge in [0.2, 0.25) is 0 Å². The van der Waals surface area contributed by atoms with E-state index in [1.54, 1.807) is 0 Å². The van der Waals surface area contributed by atoms with Gasteiger partial charge >= 0.3 is 0 Å². The number of piperidine rings is 1. The molecule has 2 aliphatic rings. The van der Waals surface area contributed by atoms with Crippen molar-refractivity contribution in [3.05, 3.63) is 40.0 Å². The second-order valence-corrected chi connectivity index (χ2v) is 7.88. The van der Waals surface area contributed by atoms with Gasteiger partial charge in [-0.05, 0) is 76.9 Å². The molecule has 0 radical (unpaired) electrons. The van der Waals surface area contributed by atoms with Gasteiger partial charge in [-0.15, -0.1) is 0 Å². The quantitative estimate of drug-likeness (QED) is 0.864. The summed E-state index contributed by atoms with van der Waals surface area (Å²) in [6, 6.07) is 6.10. The van der Waals surface area contributed by atoms with Crippen molar-refractivity contribution in [1.29, 1.82) is 0 Å². The van der Waals surface area contributed by atoms with Gasteiger partial charge in [0.05, 0.1) is 11.4 Å². The molecule has 1 aromatic heterocycles. The lowest BCUT2D eigenvalue weighted by Crippen LogP contribution is -2.29. The lowest BCUT2D eigenvalue weighted by molar-refractivity contribution is 0.252. The summed E-state index contributed by atoms with van der Waals surface area (Å²) in [5.74, 6) is 1.77. The van der Waals surface area contributed by atoms with Crippen LogP contribution in [0.4, 0.5) is 5.82 Å². The first-order valence-corrected chi connectivity index (χ1v) is 9.82. The van der Waals surface area contributed by atoms with E-state index in [9.17, 15) is 0 Å². The van der Waals surface area contributed by atoms with Crippen LogP contribution in [0.5, 0.6) is 0 Å². The minimum absolute atomic E-state index is 0.575. The number of fused-ring (bicyclic) bond motifs is 1. The van der Waals surface area contributed by atoms with E-state index in [-0.39, 0.29) is 0 Å². The number of hydrogen-bond donors (Lipinski definition) is 1. The average Bonchev–Trinajstić information content (AvgIpc) is 2.80. The second kappa shape index (κ2) is 7.00. The summed E-state index contributed by atoms with van der Waals surface area (Å²) in [5, 5.41) is 9.59. The zero-order valence-electron chi connectivity index (χ0n) is 15.2. The topological polar surface area (TPSA) is 33.1 Å². The van der Waals surface area contributed by atoms with Crippen LogP contribution in [0.25, 0.3) is 5.69 Å². The molecular formula is C20H27ClN4. The molecule has 4 nitrogen and oxygen atoms in total. The molecule has 3 heterocycles. The van der Waals surface area contributed by atoms with Crippen LogP contribution in [-0.4, -0.2) is 41.4 Å². The first-order chi connectivity index (χ1) is 12.1. The Labute approximate surface area is 155 Å². The van der Waals surface area contributed by atoms with Crippen molar-refractivity contribution in [3.63, 3.8) is 0 Å². The number of nitrogens with zero attached hydrogens (tertiary/aromatic N) is 3. The van der Waals surface area contributed by atoms with Crippen molar-refractivity contribution in [2.75, 3.05) is 32.0 Å². The van der Waals surface area contributed by atoms with Gasteiger partial charge in [0, 0.05) is 23.0 Å². The molecule has 1 saturated heterocycles. The second-order valence-electron chi connectivity index (χ2n) is 7.47. The highest BCUT2D eigenvalue weighted by Crippen LogP contribution is 2.37. The molecule has 1 aromatic carbocycles. The maximum Gasteiger partial charge on any atom is 0.133 e. The Morgan fingerprint density at radius 2 is 2.00 bits per heavy atom. The van der Waals surface area contributed by atoms with Crippen LogP contribution in [0.3, 0.4) is 0 Å².